The van der Waals surface area contributed by atoms with Crippen LogP contribution in [0.15, 0.2) is 48.7 Å². The number of amides is 1. The number of ether oxygens (including phenoxy) is 2. The third kappa shape index (κ3) is 4.33. The van der Waals surface area contributed by atoms with E-state index in [1.807, 2.05) is 41.4 Å². The van der Waals surface area contributed by atoms with Crippen LogP contribution in [0.2, 0.25) is 0 Å². The number of unbranched alkanes of at least 4 members (excludes halogenated alkanes) is 1. The van der Waals surface area contributed by atoms with E-state index in [2.05, 4.69) is 19.1 Å². The number of carbonyl (C=O) groups is 1. The smallest absolute Gasteiger partial charge is 0.231 e. The molecule has 0 unspecified atom stereocenters. The van der Waals surface area contributed by atoms with Gasteiger partial charge in [0.15, 0.2) is 11.5 Å². The number of benzene rings is 2. The number of allylic oxidation sites excluding steroid dienone is 1. The van der Waals surface area contributed by atoms with Crippen LogP contribution in [-0.2, 0) is 17.8 Å². The van der Waals surface area contributed by atoms with Gasteiger partial charge in [-0.2, -0.15) is 0 Å². The van der Waals surface area contributed by atoms with Crippen molar-refractivity contribution in [2.24, 2.45) is 0 Å². The number of nitrogens with zero attached hydrogens (tertiary/aromatic N) is 1. The number of hydrogen-bond donors (Lipinski definition) is 0. The average Bonchev–Trinajstić information content (AvgIpc) is 2.82. The van der Waals surface area contributed by atoms with Crippen molar-refractivity contribution in [3.8, 4) is 11.5 Å². The Morgan fingerprint density at radius 1 is 1.04 bits per heavy atom. The summed E-state index contributed by atoms with van der Waals surface area (Å²) in [6.07, 6.45) is 5.49. The van der Waals surface area contributed by atoms with Gasteiger partial charge in [0, 0.05) is 6.20 Å². The Labute approximate surface area is 161 Å². The molecule has 2 aromatic carbocycles. The van der Waals surface area contributed by atoms with Gasteiger partial charge in [0.1, 0.15) is 0 Å². The molecule has 4 nitrogen and oxygen atoms in total. The maximum absolute atomic E-state index is 13.0. The molecule has 0 fully saturated rings. The molecule has 0 aromatic heterocycles. The second-order valence-electron chi connectivity index (χ2n) is 6.81. The zero-order valence-electron chi connectivity index (χ0n) is 16.3. The highest BCUT2D eigenvalue weighted by Crippen LogP contribution is 2.37. The van der Waals surface area contributed by atoms with E-state index in [-0.39, 0.29) is 5.91 Å². The van der Waals surface area contributed by atoms with Crippen molar-refractivity contribution in [2.45, 2.75) is 39.2 Å². The van der Waals surface area contributed by atoms with Crippen molar-refractivity contribution >= 4 is 11.5 Å². The fourth-order valence-corrected chi connectivity index (χ4v) is 3.44. The number of hydrogen-bond acceptors (Lipinski definition) is 3. The Balaban J connectivity index is 2.02. The zero-order chi connectivity index (χ0) is 19.2. The summed E-state index contributed by atoms with van der Waals surface area (Å²) in [4.78, 5) is 14.8. The summed E-state index contributed by atoms with van der Waals surface area (Å²) in [5.41, 5.74) is 4.38. The van der Waals surface area contributed by atoms with E-state index in [9.17, 15) is 4.79 Å². The van der Waals surface area contributed by atoms with E-state index in [0.29, 0.717) is 24.5 Å². The predicted molar refractivity (Wildman–Crippen MR) is 108 cm³/mol. The minimum absolute atomic E-state index is 0.0961. The quantitative estimate of drug-likeness (QED) is 0.706. The van der Waals surface area contributed by atoms with E-state index in [1.54, 1.807) is 14.2 Å². The van der Waals surface area contributed by atoms with Crippen molar-refractivity contribution < 1.29 is 14.3 Å². The van der Waals surface area contributed by atoms with Gasteiger partial charge in [-0.15, -0.1) is 0 Å². The summed E-state index contributed by atoms with van der Waals surface area (Å²) in [6.45, 7) is 2.76. The van der Waals surface area contributed by atoms with Gasteiger partial charge in [-0.3, -0.25) is 4.79 Å². The summed E-state index contributed by atoms with van der Waals surface area (Å²) in [7, 11) is 3.27. The molecule has 1 aliphatic heterocycles. The highest BCUT2D eigenvalue weighted by Gasteiger charge is 2.23. The summed E-state index contributed by atoms with van der Waals surface area (Å²) >= 11 is 0. The Kier molecular flexibility index (Phi) is 6.17. The van der Waals surface area contributed by atoms with Crippen LogP contribution in [0.5, 0.6) is 11.5 Å². The Hall–Kier alpha value is -2.75. The highest BCUT2D eigenvalue weighted by atomic mass is 16.5. The normalized spacial score (nSPS) is 13.7. The second kappa shape index (κ2) is 8.76. The lowest BCUT2D eigenvalue weighted by Crippen LogP contribution is -2.26. The van der Waals surface area contributed by atoms with E-state index in [1.165, 1.54) is 5.57 Å². The lowest BCUT2D eigenvalue weighted by Gasteiger charge is -2.18. The lowest BCUT2D eigenvalue weighted by molar-refractivity contribution is -0.128. The maximum Gasteiger partial charge on any atom is 0.231 e. The van der Waals surface area contributed by atoms with E-state index in [4.69, 9.17) is 9.47 Å². The van der Waals surface area contributed by atoms with Crippen LogP contribution in [0.25, 0.3) is 5.57 Å². The molecule has 27 heavy (non-hydrogen) atoms. The van der Waals surface area contributed by atoms with Gasteiger partial charge in [-0.1, -0.05) is 43.7 Å². The molecule has 0 aliphatic carbocycles. The minimum Gasteiger partial charge on any atom is -0.493 e. The summed E-state index contributed by atoms with van der Waals surface area (Å²) in [5.74, 6) is 1.46. The molecule has 1 amide bonds. The number of carbonyl (C=O) groups excluding carboxylic acids is 1. The van der Waals surface area contributed by atoms with E-state index >= 15 is 0 Å². The third-order valence-electron chi connectivity index (χ3n) is 4.92. The van der Waals surface area contributed by atoms with Gasteiger partial charge in [0.25, 0.3) is 0 Å². The highest BCUT2D eigenvalue weighted by molar-refractivity contribution is 5.87. The van der Waals surface area contributed by atoms with Crippen LogP contribution in [0.4, 0.5) is 0 Å². The monoisotopic (exact) mass is 365 g/mol. The van der Waals surface area contributed by atoms with Crippen LogP contribution >= 0.6 is 0 Å². The predicted octanol–water partition coefficient (Wildman–Crippen LogP) is 4.82. The van der Waals surface area contributed by atoms with Crippen LogP contribution in [0, 0.1) is 0 Å². The Morgan fingerprint density at radius 3 is 2.41 bits per heavy atom. The number of fused-ring (bicyclic) bond motifs is 1. The zero-order valence-corrected chi connectivity index (χ0v) is 16.3. The summed E-state index contributed by atoms with van der Waals surface area (Å²) in [5, 5.41) is 0. The molecule has 0 atom stereocenters. The van der Waals surface area contributed by atoms with Crippen LogP contribution in [-0.4, -0.2) is 25.0 Å². The number of methoxy groups -OCH3 is 2. The number of rotatable bonds is 7. The minimum atomic E-state index is 0.0961. The molecule has 2 aromatic rings. The van der Waals surface area contributed by atoms with Gasteiger partial charge < -0.3 is 14.4 Å². The first-order chi connectivity index (χ1) is 13.2. The molecule has 1 heterocycles. The molecule has 0 saturated carbocycles. The van der Waals surface area contributed by atoms with Crippen molar-refractivity contribution in [1.29, 1.82) is 0 Å². The fraction of sp³-hybridized carbons (Fsp3) is 0.348. The molecule has 0 radical (unpaired) electrons. The average molecular weight is 365 g/mol. The lowest BCUT2D eigenvalue weighted by atomic mass is 9.95. The SMILES string of the molecule is CCCCC1=CN(Cc2ccccc2)C(=O)Cc2cc(OC)c(OC)cc21. The van der Waals surface area contributed by atoms with E-state index in [0.717, 1.165) is 36.0 Å². The third-order valence-corrected chi connectivity index (χ3v) is 4.92. The van der Waals surface area contributed by atoms with Crippen LogP contribution in [0.3, 0.4) is 0 Å². The molecule has 142 valence electrons. The molecule has 3 rings (SSSR count). The summed E-state index contributed by atoms with van der Waals surface area (Å²) < 4.78 is 10.9. The largest absolute Gasteiger partial charge is 0.493 e. The molecule has 0 saturated heterocycles. The van der Waals surface area contributed by atoms with Crippen molar-refractivity contribution in [3.05, 3.63) is 65.4 Å². The second-order valence-corrected chi connectivity index (χ2v) is 6.81. The molecule has 0 spiro atoms. The maximum atomic E-state index is 13.0. The van der Waals surface area contributed by atoms with Gasteiger partial charge in [-0.25, -0.2) is 0 Å². The molecular weight excluding hydrogens is 338 g/mol. The first-order valence-corrected chi connectivity index (χ1v) is 9.45. The molecular formula is C23H27NO3. The summed E-state index contributed by atoms with van der Waals surface area (Å²) in [6, 6.07) is 14.1. The fourth-order valence-electron chi connectivity index (χ4n) is 3.44. The van der Waals surface area contributed by atoms with Crippen LogP contribution < -0.4 is 9.47 Å². The van der Waals surface area contributed by atoms with Gasteiger partial charge in [-0.05, 0) is 47.2 Å². The Morgan fingerprint density at radius 2 is 1.74 bits per heavy atom. The van der Waals surface area contributed by atoms with Crippen molar-refractivity contribution in [3.63, 3.8) is 0 Å². The molecule has 1 aliphatic rings. The van der Waals surface area contributed by atoms with Crippen molar-refractivity contribution in [1.82, 2.24) is 4.90 Å². The van der Waals surface area contributed by atoms with Gasteiger partial charge >= 0.3 is 0 Å². The Bertz CT molecular complexity index is 827. The molecule has 0 N–H and O–H groups in total. The first kappa shape index (κ1) is 19.0. The standard InChI is InChI=1S/C23H27NO3/c1-4-5-11-18-16-24(15-17-9-7-6-8-10-17)23(25)13-19-12-21(26-2)22(27-3)14-20(18)19/h6-10,12,14,16H,4-5,11,13,15H2,1-3H3. The van der Waals surface area contributed by atoms with E-state index < -0.39 is 0 Å². The molecule has 4 heteroatoms. The van der Waals surface area contributed by atoms with Gasteiger partial charge in [0.05, 0.1) is 27.2 Å². The molecule has 0 bridgehead atoms. The van der Waals surface area contributed by atoms with Gasteiger partial charge in [0.2, 0.25) is 5.91 Å². The van der Waals surface area contributed by atoms with Crippen LogP contribution in [0.1, 0.15) is 42.9 Å². The topological polar surface area (TPSA) is 38.8 Å². The first-order valence-electron chi connectivity index (χ1n) is 9.45. The van der Waals surface area contributed by atoms with Crippen molar-refractivity contribution in [2.75, 3.05) is 14.2 Å².